The Bertz CT molecular complexity index is 731. The van der Waals surface area contributed by atoms with Crippen LogP contribution in [-0.4, -0.2) is 37.1 Å². The molecule has 0 spiro atoms. The van der Waals surface area contributed by atoms with Crippen molar-refractivity contribution in [2.24, 2.45) is 0 Å². The Hall–Kier alpha value is -2.34. The second-order valence-corrected chi connectivity index (χ2v) is 5.94. The zero-order valence-corrected chi connectivity index (χ0v) is 13.6. The highest BCUT2D eigenvalue weighted by molar-refractivity contribution is 6.30. The minimum Gasteiger partial charge on any atom is -0.368 e. The third-order valence-corrected chi connectivity index (χ3v) is 4.17. The van der Waals surface area contributed by atoms with Crippen LogP contribution in [0.3, 0.4) is 0 Å². The number of halogens is 3. The predicted octanol–water partition coefficient (Wildman–Crippen LogP) is 3.97. The van der Waals surface area contributed by atoms with Crippen LogP contribution in [0.1, 0.15) is 0 Å². The first kappa shape index (κ1) is 16.5. The number of anilines is 2. The number of hydrogen-bond acceptors (Lipinski definition) is 2. The van der Waals surface area contributed by atoms with E-state index in [0.29, 0.717) is 26.2 Å². The molecule has 0 unspecified atom stereocenters. The summed E-state index contributed by atoms with van der Waals surface area (Å²) in [5.74, 6) is -0.845. The van der Waals surface area contributed by atoms with Gasteiger partial charge in [-0.05, 0) is 42.5 Å². The predicted molar refractivity (Wildman–Crippen MR) is 90.6 cm³/mol. The fourth-order valence-electron chi connectivity index (χ4n) is 2.60. The lowest BCUT2D eigenvalue weighted by Crippen LogP contribution is -2.50. The van der Waals surface area contributed by atoms with Crippen LogP contribution in [0.4, 0.5) is 25.0 Å². The number of carbonyl (C=O) groups is 1. The summed E-state index contributed by atoms with van der Waals surface area (Å²) in [6.45, 7) is 2.25. The zero-order valence-electron chi connectivity index (χ0n) is 12.8. The van der Waals surface area contributed by atoms with Crippen molar-refractivity contribution in [3.63, 3.8) is 0 Å². The normalized spacial score (nSPS) is 14.6. The fourth-order valence-corrected chi connectivity index (χ4v) is 2.76. The summed E-state index contributed by atoms with van der Waals surface area (Å²) in [6.07, 6.45) is 0. The molecule has 2 aromatic rings. The van der Waals surface area contributed by atoms with E-state index in [-0.39, 0.29) is 22.6 Å². The standard InChI is InChI=1S/C17H16ClF2N3O/c18-12-1-6-16(15(20)11-12)21-17(24)23-9-7-22(8-10-23)14-4-2-13(19)3-5-14/h1-6,11H,7-10H2,(H,21,24). The van der Waals surface area contributed by atoms with Crippen LogP contribution in [0.5, 0.6) is 0 Å². The largest absolute Gasteiger partial charge is 0.368 e. The molecule has 2 amide bonds. The molecular formula is C17H16ClF2N3O. The molecule has 7 heteroatoms. The molecule has 126 valence electrons. The molecule has 0 aliphatic carbocycles. The molecule has 1 aliphatic rings. The van der Waals surface area contributed by atoms with Gasteiger partial charge in [-0.3, -0.25) is 0 Å². The number of amides is 2. The lowest BCUT2D eigenvalue weighted by atomic mass is 10.2. The third kappa shape index (κ3) is 3.76. The van der Waals surface area contributed by atoms with Gasteiger partial charge < -0.3 is 15.1 Å². The topological polar surface area (TPSA) is 35.6 Å². The SMILES string of the molecule is O=C(Nc1ccc(Cl)cc1F)N1CCN(c2ccc(F)cc2)CC1. The van der Waals surface area contributed by atoms with E-state index < -0.39 is 5.82 Å². The van der Waals surface area contributed by atoms with E-state index in [1.165, 1.54) is 24.3 Å². The number of hydrogen-bond donors (Lipinski definition) is 1. The Labute approximate surface area is 143 Å². The highest BCUT2D eigenvalue weighted by Crippen LogP contribution is 2.20. The van der Waals surface area contributed by atoms with Gasteiger partial charge in [-0.1, -0.05) is 11.6 Å². The van der Waals surface area contributed by atoms with Crippen molar-refractivity contribution in [3.05, 3.63) is 59.1 Å². The van der Waals surface area contributed by atoms with E-state index in [1.807, 2.05) is 0 Å². The zero-order chi connectivity index (χ0) is 17.1. The summed E-state index contributed by atoms with van der Waals surface area (Å²) >= 11 is 5.69. The Morgan fingerprint density at radius 1 is 1.00 bits per heavy atom. The summed E-state index contributed by atoms with van der Waals surface area (Å²) in [5.41, 5.74) is 1.02. The minimum atomic E-state index is -0.569. The van der Waals surface area contributed by atoms with Crippen molar-refractivity contribution in [3.8, 4) is 0 Å². The van der Waals surface area contributed by atoms with Crippen LogP contribution in [0.25, 0.3) is 0 Å². The highest BCUT2D eigenvalue weighted by atomic mass is 35.5. The Kier molecular flexibility index (Phi) is 4.85. The summed E-state index contributed by atoms with van der Waals surface area (Å²) < 4.78 is 26.7. The molecule has 2 aromatic carbocycles. The molecule has 0 aromatic heterocycles. The Balaban J connectivity index is 1.58. The molecule has 1 aliphatic heterocycles. The molecule has 0 atom stereocenters. The van der Waals surface area contributed by atoms with Gasteiger partial charge in [0.15, 0.2) is 0 Å². The highest BCUT2D eigenvalue weighted by Gasteiger charge is 2.22. The summed E-state index contributed by atoms with van der Waals surface area (Å²) in [6, 6.07) is 10.0. The number of carbonyl (C=O) groups excluding carboxylic acids is 1. The first-order valence-corrected chi connectivity index (χ1v) is 7.92. The van der Waals surface area contributed by atoms with Gasteiger partial charge in [-0.15, -0.1) is 0 Å². The maximum absolute atomic E-state index is 13.7. The van der Waals surface area contributed by atoms with Crippen LogP contribution in [0, 0.1) is 11.6 Å². The van der Waals surface area contributed by atoms with E-state index in [0.717, 1.165) is 11.8 Å². The maximum Gasteiger partial charge on any atom is 0.322 e. The molecule has 1 fully saturated rings. The smallest absolute Gasteiger partial charge is 0.322 e. The molecule has 24 heavy (non-hydrogen) atoms. The van der Waals surface area contributed by atoms with E-state index in [2.05, 4.69) is 10.2 Å². The Morgan fingerprint density at radius 3 is 2.29 bits per heavy atom. The van der Waals surface area contributed by atoms with Crippen molar-refractivity contribution >= 4 is 29.0 Å². The molecule has 1 saturated heterocycles. The first-order valence-electron chi connectivity index (χ1n) is 7.54. The van der Waals surface area contributed by atoms with Crippen LogP contribution in [-0.2, 0) is 0 Å². The van der Waals surface area contributed by atoms with Gasteiger partial charge >= 0.3 is 6.03 Å². The number of rotatable bonds is 2. The van der Waals surface area contributed by atoms with E-state index >= 15 is 0 Å². The summed E-state index contributed by atoms with van der Waals surface area (Å²) in [4.78, 5) is 15.9. The van der Waals surface area contributed by atoms with Gasteiger partial charge in [0.2, 0.25) is 0 Å². The van der Waals surface area contributed by atoms with Crippen molar-refractivity contribution in [2.45, 2.75) is 0 Å². The van der Waals surface area contributed by atoms with Crippen LogP contribution < -0.4 is 10.2 Å². The molecule has 4 nitrogen and oxygen atoms in total. The second-order valence-electron chi connectivity index (χ2n) is 5.50. The monoisotopic (exact) mass is 351 g/mol. The Morgan fingerprint density at radius 2 is 1.67 bits per heavy atom. The number of benzene rings is 2. The van der Waals surface area contributed by atoms with Crippen molar-refractivity contribution in [2.75, 3.05) is 36.4 Å². The summed E-state index contributed by atoms with van der Waals surface area (Å²) in [5, 5.41) is 2.83. The average molecular weight is 352 g/mol. The van der Waals surface area contributed by atoms with Gasteiger partial charge in [-0.2, -0.15) is 0 Å². The lowest BCUT2D eigenvalue weighted by molar-refractivity contribution is 0.208. The molecular weight excluding hydrogens is 336 g/mol. The molecule has 1 heterocycles. The molecule has 0 saturated carbocycles. The molecule has 3 rings (SSSR count). The number of piperazine rings is 1. The third-order valence-electron chi connectivity index (χ3n) is 3.93. The van der Waals surface area contributed by atoms with E-state index in [9.17, 15) is 13.6 Å². The van der Waals surface area contributed by atoms with Crippen molar-refractivity contribution < 1.29 is 13.6 Å². The van der Waals surface area contributed by atoms with Crippen molar-refractivity contribution in [1.82, 2.24) is 4.90 Å². The first-order chi connectivity index (χ1) is 11.5. The van der Waals surface area contributed by atoms with Crippen LogP contribution >= 0.6 is 11.6 Å². The lowest BCUT2D eigenvalue weighted by Gasteiger charge is -2.36. The number of urea groups is 1. The van der Waals surface area contributed by atoms with Gasteiger partial charge in [0.05, 0.1) is 5.69 Å². The quantitative estimate of drug-likeness (QED) is 0.888. The van der Waals surface area contributed by atoms with Gasteiger partial charge in [-0.25, -0.2) is 13.6 Å². The molecule has 0 bridgehead atoms. The van der Waals surface area contributed by atoms with Gasteiger partial charge in [0, 0.05) is 36.9 Å². The minimum absolute atomic E-state index is 0.102. The second kappa shape index (κ2) is 7.05. The molecule has 1 N–H and O–H groups in total. The van der Waals surface area contributed by atoms with Gasteiger partial charge in [0.25, 0.3) is 0 Å². The maximum atomic E-state index is 13.7. The fraction of sp³-hybridized carbons (Fsp3) is 0.235. The van der Waals surface area contributed by atoms with E-state index in [1.54, 1.807) is 17.0 Å². The summed E-state index contributed by atoms with van der Waals surface area (Å²) in [7, 11) is 0. The molecule has 0 radical (unpaired) electrons. The van der Waals surface area contributed by atoms with Crippen molar-refractivity contribution in [1.29, 1.82) is 0 Å². The van der Waals surface area contributed by atoms with Crippen LogP contribution in [0.15, 0.2) is 42.5 Å². The van der Waals surface area contributed by atoms with Crippen LogP contribution in [0.2, 0.25) is 5.02 Å². The van der Waals surface area contributed by atoms with E-state index in [4.69, 9.17) is 11.6 Å². The number of nitrogens with one attached hydrogen (secondary N) is 1. The van der Waals surface area contributed by atoms with Gasteiger partial charge in [0.1, 0.15) is 11.6 Å². The number of nitrogens with zero attached hydrogens (tertiary/aromatic N) is 2. The average Bonchev–Trinajstić information content (AvgIpc) is 2.58.